The van der Waals surface area contributed by atoms with Crippen molar-refractivity contribution < 1.29 is 0 Å². The fourth-order valence-electron chi connectivity index (χ4n) is 14.9. The first-order valence-corrected chi connectivity index (χ1v) is 28.6. The standard InChI is InChI=1S/C80H52N2/c1-4-20-57(21-5-1)79(71-31-15-10-26-63(71)64-27-11-16-32-72(64)79)58-42-36-53(37-43-58)55-40-48-77-69(50-55)70-51-56(41-49-78(70)82(77)60-24-8-3-9-25-60)54-38-44-61(45-39-54)81(59-22-6-2-7-23-59)62-46-47-76-68(52-62)67-30-14-19-35-75(67)80(76)73-33-17-12-28-65(73)66-29-13-18-34-74(66)80/h1-52H. The molecule has 1 heterocycles. The van der Waals surface area contributed by atoms with Crippen LogP contribution in [0.25, 0.3) is 83.1 Å². The largest absolute Gasteiger partial charge is 0.310 e. The van der Waals surface area contributed by atoms with E-state index in [2.05, 4.69) is 325 Å². The molecule has 0 atom stereocenters. The van der Waals surface area contributed by atoms with Gasteiger partial charge in [-0.05, 0) is 173 Å². The van der Waals surface area contributed by atoms with Crippen molar-refractivity contribution in [2.45, 2.75) is 10.8 Å². The minimum atomic E-state index is -0.441. The Balaban J connectivity index is 0.762. The van der Waals surface area contributed by atoms with Gasteiger partial charge in [0.25, 0.3) is 0 Å². The molecule has 0 aliphatic heterocycles. The molecule has 382 valence electrons. The van der Waals surface area contributed by atoms with Crippen LogP contribution in [-0.2, 0) is 10.8 Å². The minimum absolute atomic E-state index is 0.387. The summed E-state index contributed by atoms with van der Waals surface area (Å²) in [4.78, 5) is 2.41. The molecule has 0 saturated carbocycles. The summed E-state index contributed by atoms with van der Waals surface area (Å²) in [6, 6.07) is 117. The van der Waals surface area contributed by atoms with E-state index in [1.165, 1.54) is 116 Å². The van der Waals surface area contributed by atoms with Crippen molar-refractivity contribution in [2.75, 3.05) is 4.90 Å². The van der Waals surface area contributed by atoms with Crippen molar-refractivity contribution in [3.8, 4) is 61.3 Å². The third-order valence-electron chi connectivity index (χ3n) is 18.3. The summed E-state index contributed by atoms with van der Waals surface area (Å²) in [6.07, 6.45) is 0. The Bertz CT molecular complexity index is 4750. The summed E-state index contributed by atoms with van der Waals surface area (Å²) < 4.78 is 2.42. The lowest BCUT2D eigenvalue weighted by molar-refractivity contribution is 0.768. The van der Waals surface area contributed by atoms with E-state index in [9.17, 15) is 0 Å². The van der Waals surface area contributed by atoms with E-state index in [-0.39, 0.29) is 5.41 Å². The second kappa shape index (κ2) is 18.0. The smallest absolute Gasteiger partial charge is 0.0725 e. The number of rotatable bonds is 8. The van der Waals surface area contributed by atoms with Crippen LogP contribution in [0.3, 0.4) is 0 Å². The highest BCUT2D eigenvalue weighted by Gasteiger charge is 2.52. The summed E-state index contributed by atoms with van der Waals surface area (Å²) in [7, 11) is 0. The Kier molecular flexibility index (Phi) is 10.2. The predicted octanol–water partition coefficient (Wildman–Crippen LogP) is 20.3. The summed E-state index contributed by atoms with van der Waals surface area (Å²) in [5, 5.41) is 2.44. The molecule has 1 spiro atoms. The van der Waals surface area contributed by atoms with Crippen molar-refractivity contribution in [1.82, 2.24) is 4.57 Å². The lowest BCUT2D eigenvalue weighted by Gasteiger charge is -2.34. The molecular formula is C80H52N2. The van der Waals surface area contributed by atoms with Gasteiger partial charge in [-0.25, -0.2) is 0 Å². The van der Waals surface area contributed by atoms with E-state index in [0.717, 1.165) is 28.3 Å². The highest BCUT2D eigenvalue weighted by atomic mass is 15.1. The van der Waals surface area contributed by atoms with Gasteiger partial charge in [-0.15, -0.1) is 0 Å². The molecule has 82 heavy (non-hydrogen) atoms. The summed E-state index contributed by atoms with van der Waals surface area (Å²) in [5.41, 5.74) is 29.1. The second-order valence-electron chi connectivity index (χ2n) is 22.3. The van der Waals surface area contributed by atoms with Gasteiger partial charge < -0.3 is 9.47 Å². The maximum absolute atomic E-state index is 2.43. The van der Waals surface area contributed by atoms with Crippen molar-refractivity contribution >= 4 is 38.9 Å². The van der Waals surface area contributed by atoms with Crippen LogP contribution >= 0.6 is 0 Å². The highest BCUT2D eigenvalue weighted by molar-refractivity contribution is 6.12. The minimum Gasteiger partial charge on any atom is -0.310 e. The Hall–Kier alpha value is -10.5. The second-order valence-corrected chi connectivity index (χ2v) is 22.3. The molecule has 0 unspecified atom stereocenters. The van der Waals surface area contributed by atoms with Crippen LogP contribution in [-0.4, -0.2) is 4.57 Å². The number of aromatic nitrogens is 1. The zero-order valence-electron chi connectivity index (χ0n) is 44.9. The van der Waals surface area contributed by atoms with Crippen LogP contribution < -0.4 is 4.90 Å². The van der Waals surface area contributed by atoms with Crippen LogP contribution in [0, 0.1) is 0 Å². The Morgan fingerprint density at radius 2 is 0.585 bits per heavy atom. The van der Waals surface area contributed by atoms with Gasteiger partial charge in [-0.2, -0.15) is 0 Å². The van der Waals surface area contributed by atoms with E-state index in [0.29, 0.717) is 0 Å². The number of fused-ring (bicyclic) bond motifs is 16. The number of hydrogen-bond acceptors (Lipinski definition) is 1. The third kappa shape index (κ3) is 6.52. The zero-order valence-corrected chi connectivity index (χ0v) is 44.9. The summed E-state index contributed by atoms with van der Waals surface area (Å²) in [5.74, 6) is 0. The van der Waals surface area contributed by atoms with Gasteiger partial charge in [-0.1, -0.05) is 243 Å². The van der Waals surface area contributed by atoms with Gasteiger partial charge in [0, 0.05) is 33.5 Å². The number of anilines is 3. The molecule has 3 aliphatic rings. The molecule has 3 aliphatic carbocycles. The lowest BCUT2D eigenvalue weighted by atomic mass is 9.67. The van der Waals surface area contributed by atoms with E-state index >= 15 is 0 Å². The molecule has 0 fully saturated rings. The fraction of sp³-hybridized carbons (Fsp3) is 0.0250. The molecule has 0 amide bonds. The quantitative estimate of drug-likeness (QED) is 0.147. The van der Waals surface area contributed by atoms with E-state index in [1.54, 1.807) is 0 Å². The maximum Gasteiger partial charge on any atom is 0.0725 e. The highest BCUT2D eigenvalue weighted by Crippen LogP contribution is 2.63. The molecule has 0 N–H and O–H groups in total. The first kappa shape index (κ1) is 46.4. The molecule has 0 saturated heterocycles. The molecule has 1 aromatic heterocycles. The lowest BCUT2D eigenvalue weighted by Crippen LogP contribution is -2.28. The summed E-state index contributed by atoms with van der Waals surface area (Å²) >= 11 is 0. The van der Waals surface area contributed by atoms with Crippen LogP contribution in [0.15, 0.2) is 315 Å². The number of nitrogens with zero attached hydrogens (tertiary/aromatic N) is 2. The predicted molar refractivity (Wildman–Crippen MR) is 340 cm³/mol. The van der Waals surface area contributed by atoms with Crippen LogP contribution in [0.5, 0.6) is 0 Å². The fourth-order valence-corrected chi connectivity index (χ4v) is 14.9. The van der Waals surface area contributed by atoms with E-state index in [1.807, 2.05) is 0 Å². The van der Waals surface area contributed by atoms with Crippen molar-refractivity contribution in [2.24, 2.45) is 0 Å². The molecule has 2 heteroatoms. The van der Waals surface area contributed by atoms with Crippen molar-refractivity contribution in [1.29, 1.82) is 0 Å². The zero-order chi connectivity index (χ0) is 53.9. The normalized spacial score (nSPS) is 13.6. The number of hydrogen-bond donors (Lipinski definition) is 0. The van der Waals surface area contributed by atoms with Crippen LogP contribution in [0.2, 0.25) is 0 Å². The third-order valence-corrected chi connectivity index (χ3v) is 18.3. The monoisotopic (exact) mass is 1040 g/mol. The average Bonchev–Trinajstić information content (AvgIpc) is 3.54. The first-order chi connectivity index (χ1) is 40.7. The van der Waals surface area contributed by atoms with Crippen molar-refractivity contribution in [3.63, 3.8) is 0 Å². The molecule has 17 rings (SSSR count). The molecule has 13 aromatic carbocycles. The number of benzene rings is 13. The van der Waals surface area contributed by atoms with Gasteiger partial charge in [0.1, 0.15) is 0 Å². The molecular weight excluding hydrogens is 989 g/mol. The van der Waals surface area contributed by atoms with Gasteiger partial charge in [0.15, 0.2) is 0 Å². The maximum atomic E-state index is 2.43. The molecule has 0 radical (unpaired) electrons. The van der Waals surface area contributed by atoms with Crippen molar-refractivity contribution in [3.05, 3.63) is 360 Å². The average molecular weight is 1040 g/mol. The topological polar surface area (TPSA) is 8.17 Å². The molecule has 0 bridgehead atoms. The van der Waals surface area contributed by atoms with Gasteiger partial charge >= 0.3 is 0 Å². The first-order valence-electron chi connectivity index (χ1n) is 28.6. The van der Waals surface area contributed by atoms with E-state index < -0.39 is 5.41 Å². The Labute approximate surface area is 477 Å². The van der Waals surface area contributed by atoms with Crippen LogP contribution in [0.1, 0.15) is 44.5 Å². The molecule has 2 nitrogen and oxygen atoms in total. The summed E-state index contributed by atoms with van der Waals surface area (Å²) in [6.45, 7) is 0. The Morgan fingerprint density at radius 3 is 1.09 bits per heavy atom. The van der Waals surface area contributed by atoms with E-state index in [4.69, 9.17) is 0 Å². The Morgan fingerprint density at radius 1 is 0.232 bits per heavy atom. The van der Waals surface area contributed by atoms with Crippen LogP contribution in [0.4, 0.5) is 17.1 Å². The SMILES string of the molecule is c1ccc(N(c2ccc(-c3ccc4c(c3)c3cc(-c5ccc(C6(c7ccccc7)c7ccccc7-c7ccccc76)cc5)ccc3n4-c3ccccc3)cc2)c2ccc3c(c2)-c2ccccc2C32c3ccccc3-c3ccccc32)cc1. The van der Waals surface area contributed by atoms with Gasteiger partial charge in [0.2, 0.25) is 0 Å². The number of para-hydroxylation sites is 2. The van der Waals surface area contributed by atoms with Gasteiger partial charge in [-0.3, -0.25) is 0 Å². The molecule has 14 aromatic rings. The van der Waals surface area contributed by atoms with Gasteiger partial charge in [0.05, 0.1) is 21.9 Å².